The first-order valence-electron chi connectivity index (χ1n) is 8.88. The Labute approximate surface area is 133 Å². The van der Waals surface area contributed by atoms with E-state index in [1.807, 2.05) is 4.90 Å². The Morgan fingerprint density at radius 3 is 2.50 bits per heavy atom. The van der Waals surface area contributed by atoms with Crippen LogP contribution in [0.4, 0.5) is 0 Å². The molecule has 0 bridgehead atoms. The first kappa shape index (κ1) is 17.3. The number of hydrogen-bond acceptors (Lipinski definition) is 3. The van der Waals surface area contributed by atoms with Crippen molar-refractivity contribution in [2.75, 3.05) is 32.8 Å². The molecule has 0 aromatic rings. The van der Waals surface area contributed by atoms with E-state index in [2.05, 4.69) is 5.32 Å². The quantitative estimate of drug-likeness (QED) is 0.817. The lowest BCUT2D eigenvalue weighted by Crippen LogP contribution is -2.33. The molecule has 0 aromatic carbocycles. The van der Waals surface area contributed by atoms with Crippen molar-refractivity contribution < 1.29 is 14.3 Å². The van der Waals surface area contributed by atoms with Gasteiger partial charge < -0.3 is 15.0 Å². The summed E-state index contributed by atoms with van der Waals surface area (Å²) in [5.41, 5.74) is 0. The molecule has 1 atom stereocenters. The lowest BCUT2D eigenvalue weighted by Gasteiger charge is -2.22. The highest BCUT2D eigenvalue weighted by molar-refractivity contribution is 5.83. The largest absolute Gasteiger partial charge is 0.381 e. The number of nitrogens with one attached hydrogen (secondary N) is 1. The molecule has 0 spiro atoms. The van der Waals surface area contributed by atoms with Crippen LogP contribution in [0.3, 0.4) is 0 Å². The van der Waals surface area contributed by atoms with Crippen LogP contribution in [0.1, 0.15) is 57.8 Å². The highest BCUT2D eigenvalue weighted by Crippen LogP contribution is 2.16. The zero-order valence-corrected chi connectivity index (χ0v) is 13.6. The zero-order chi connectivity index (χ0) is 15.6. The molecular formula is C17H30N2O3. The fourth-order valence-electron chi connectivity index (χ4n) is 3.24. The van der Waals surface area contributed by atoms with Gasteiger partial charge in [0.15, 0.2) is 0 Å². The second-order valence-corrected chi connectivity index (χ2v) is 6.52. The van der Waals surface area contributed by atoms with Crippen LogP contribution in [0, 0.1) is 5.92 Å². The standard InChI is InChI=1S/C17H30N2O3/c20-16(18-10-9-15-6-5-13-22-14-15)7-8-17(21)19-11-3-1-2-4-12-19/h15H,1-14H2,(H,18,20)/t15-/m1/s1. The van der Waals surface area contributed by atoms with Gasteiger partial charge in [-0.25, -0.2) is 0 Å². The van der Waals surface area contributed by atoms with E-state index in [4.69, 9.17) is 4.74 Å². The van der Waals surface area contributed by atoms with Crippen molar-refractivity contribution in [1.82, 2.24) is 10.2 Å². The maximum atomic E-state index is 12.1. The molecule has 2 aliphatic heterocycles. The maximum absolute atomic E-state index is 12.1. The minimum atomic E-state index is -0.0000928. The van der Waals surface area contributed by atoms with Gasteiger partial charge in [-0.3, -0.25) is 9.59 Å². The third-order valence-corrected chi connectivity index (χ3v) is 4.65. The minimum Gasteiger partial charge on any atom is -0.381 e. The Kier molecular flexibility index (Phi) is 7.71. The van der Waals surface area contributed by atoms with Crippen molar-refractivity contribution in [3.63, 3.8) is 0 Å². The zero-order valence-electron chi connectivity index (χ0n) is 13.6. The van der Waals surface area contributed by atoms with Crippen molar-refractivity contribution in [3.8, 4) is 0 Å². The van der Waals surface area contributed by atoms with Gasteiger partial charge in [0, 0.05) is 45.7 Å². The molecule has 5 nitrogen and oxygen atoms in total. The molecule has 0 aromatic heterocycles. The molecule has 0 radical (unpaired) electrons. The number of nitrogens with zero attached hydrogens (tertiary/aromatic N) is 1. The van der Waals surface area contributed by atoms with E-state index in [0.717, 1.165) is 52.0 Å². The topological polar surface area (TPSA) is 58.6 Å². The summed E-state index contributed by atoms with van der Waals surface area (Å²) >= 11 is 0. The van der Waals surface area contributed by atoms with Gasteiger partial charge >= 0.3 is 0 Å². The Hall–Kier alpha value is -1.10. The molecular weight excluding hydrogens is 280 g/mol. The Bertz CT molecular complexity index is 346. The molecule has 2 heterocycles. The Morgan fingerprint density at radius 2 is 1.82 bits per heavy atom. The van der Waals surface area contributed by atoms with Crippen molar-refractivity contribution in [2.45, 2.75) is 57.8 Å². The van der Waals surface area contributed by atoms with Crippen molar-refractivity contribution in [1.29, 1.82) is 0 Å². The molecule has 2 amide bonds. The predicted molar refractivity (Wildman–Crippen MR) is 85.5 cm³/mol. The van der Waals surface area contributed by atoms with E-state index in [1.165, 1.54) is 19.3 Å². The Balaban J connectivity index is 1.55. The average Bonchev–Trinajstić information content (AvgIpc) is 2.83. The van der Waals surface area contributed by atoms with E-state index < -0.39 is 0 Å². The SMILES string of the molecule is O=C(CCC(=O)N1CCCCCC1)NCC[C@H]1CCCOC1. The summed E-state index contributed by atoms with van der Waals surface area (Å²) in [4.78, 5) is 25.9. The highest BCUT2D eigenvalue weighted by Gasteiger charge is 2.17. The van der Waals surface area contributed by atoms with E-state index >= 15 is 0 Å². The second-order valence-electron chi connectivity index (χ2n) is 6.52. The van der Waals surface area contributed by atoms with Crippen LogP contribution in [-0.2, 0) is 14.3 Å². The fraction of sp³-hybridized carbons (Fsp3) is 0.882. The van der Waals surface area contributed by atoms with Crippen LogP contribution < -0.4 is 5.32 Å². The number of hydrogen-bond donors (Lipinski definition) is 1. The van der Waals surface area contributed by atoms with E-state index in [9.17, 15) is 9.59 Å². The van der Waals surface area contributed by atoms with Gasteiger partial charge in [-0.15, -0.1) is 0 Å². The second kappa shape index (κ2) is 9.82. The van der Waals surface area contributed by atoms with Gasteiger partial charge in [0.05, 0.1) is 0 Å². The molecule has 2 rings (SSSR count). The molecule has 0 unspecified atom stereocenters. The summed E-state index contributed by atoms with van der Waals surface area (Å²) in [6.45, 7) is 4.12. The van der Waals surface area contributed by atoms with Crippen LogP contribution in [0.2, 0.25) is 0 Å². The molecule has 0 aliphatic carbocycles. The smallest absolute Gasteiger partial charge is 0.223 e. The van der Waals surface area contributed by atoms with Crippen LogP contribution in [0.25, 0.3) is 0 Å². The minimum absolute atomic E-state index is 0.0000928. The van der Waals surface area contributed by atoms with Gasteiger partial charge in [-0.2, -0.15) is 0 Å². The number of carbonyl (C=O) groups is 2. The molecule has 1 N–H and O–H groups in total. The van der Waals surface area contributed by atoms with Gasteiger partial charge in [0.25, 0.3) is 0 Å². The average molecular weight is 310 g/mol. The number of amides is 2. The summed E-state index contributed by atoms with van der Waals surface area (Å²) in [6.07, 6.45) is 8.60. The maximum Gasteiger partial charge on any atom is 0.223 e. The number of carbonyl (C=O) groups excluding carboxylic acids is 2. The lowest BCUT2D eigenvalue weighted by atomic mass is 9.99. The number of ether oxygens (including phenoxy) is 1. The first-order valence-corrected chi connectivity index (χ1v) is 8.88. The molecule has 5 heteroatoms. The van der Waals surface area contributed by atoms with Gasteiger partial charge in [0.1, 0.15) is 0 Å². The number of rotatable bonds is 6. The summed E-state index contributed by atoms with van der Waals surface area (Å²) in [5.74, 6) is 0.713. The summed E-state index contributed by atoms with van der Waals surface area (Å²) in [6, 6.07) is 0. The van der Waals surface area contributed by atoms with E-state index in [1.54, 1.807) is 0 Å². The summed E-state index contributed by atoms with van der Waals surface area (Å²) < 4.78 is 5.43. The number of likely N-dealkylation sites (tertiary alicyclic amines) is 1. The predicted octanol–water partition coefficient (Wildman–Crippen LogP) is 2.10. The van der Waals surface area contributed by atoms with Crippen LogP contribution in [0.15, 0.2) is 0 Å². The molecule has 22 heavy (non-hydrogen) atoms. The molecule has 2 saturated heterocycles. The third-order valence-electron chi connectivity index (χ3n) is 4.65. The first-order chi connectivity index (χ1) is 10.8. The molecule has 2 fully saturated rings. The molecule has 126 valence electrons. The summed E-state index contributed by atoms with van der Waals surface area (Å²) in [7, 11) is 0. The van der Waals surface area contributed by atoms with Crippen molar-refractivity contribution >= 4 is 11.8 Å². The van der Waals surface area contributed by atoms with Gasteiger partial charge in [0.2, 0.25) is 11.8 Å². The van der Waals surface area contributed by atoms with E-state index in [-0.39, 0.29) is 11.8 Å². The summed E-state index contributed by atoms with van der Waals surface area (Å²) in [5, 5.41) is 2.94. The van der Waals surface area contributed by atoms with Crippen LogP contribution >= 0.6 is 0 Å². The van der Waals surface area contributed by atoms with Crippen LogP contribution in [0.5, 0.6) is 0 Å². The van der Waals surface area contributed by atoms with Crippen LogP contribution in [-0.4, -0.2) is 49.6 Å². The molecule has 2 aliphatic rings. The van der Waals surface area contributed by atoms with Gasteiger partial charge in [-0.05, 0) is 38.0 Å². The Morgan fingerprint density at radius 1 is 1.05 bits per heavy atom. The normalized spacial score (nSPS) is 22.9. The van der Waals surface area contributed by atoms with Crippen molar-refractivity contribution in [2.24, 2.45) is 5.92 Å². The monoisotopic (exact) mass is 310 g/mol. The van der Waals surface area contributed by atoms with Gasteiger partial charge in [-0.1, -0.05) is 12.8 Å². The van der Waals surface area contributed by atoms with E-state index in [0.29, 0.717) is 25.3 Å². The highest BCUT2D eigenvalue weighted by atomic mass is 16.5. The molecule has 0 saturated carbocycles. The third kappa shape index (κ3) is 6.34. The fourth-order valence-corrected chi connectivity index (χ4v) is 3.24. The van der Waals surface area contributed by atoms with Crippen molar-refractivity contribution in [3.05, 3.63) is 0 Å². The lowest BCUT2D eigenvalue weighted by molar-refractivity contribution is -0.133.